The van der Waals surface area contributed by atoms with Gasteiger partial charge in [-0.15, -0.1) is 13.2 Å². The molecule has 5 rings (SSSR count). The van der Waals surface area contributed by atoms with Gasteiger partial charge in [-0.05, 0) is 34.9 Å². The van der Waals surface area contributed by atoms with E-state index in [0.29, 0.717) is 22.5 Å². The van der Waals surface area contributed by atoms with Gasteiger partial charge in [-0.3, -0.25) is 0 Å². The van der Waals surface area contributed by atoms with E-state index in [0.717, 1.165) is 16.7 Å². The summed E-state index contributed by atoms with van der Waals surface area (Å²) in [6.07, 6.45) is -5.69. The van der Waals surface area contributed by atoms with Crippen molar-refractivity contribution in [3.05, 3.63) is 96.1 Å². The van der Waals surface area contributed by atoms with Crippen LogP contribution in [0.2, 0.25) is 0 Å². The molecule has 1 unspecified atom stereocenters. The van der Waals surface area contributed by atoms with E-state index in [4.69, 9.17) is 0 Å². The SMILES string of the molecule is OC1c2ccccc2-c2nc(-c3ccccc3OC(F)(F)F)cc(-c3ccccc3)c21. The Morgan fingerprint density at radius 3 is 2.16 bits per heavy atom. The molecule has 1 atom stereocenters. The van der Waals surface area contributed by atoms with Crippen LogP contribution in [0.1, 0.15) is 17.2 Å². The largest absolute Gasteiger partial charge is 0.573 e. The van der Waals surface area contributed by atoms with Crippen molar-refractivity contribution in [3.8, 4) is 39.4 Å². The third kappa shape index (κ3) is 3.45. The first-order valence-corrected chi connectivity index (χ1v) is 9.65. The predicted molar refractivity (Wildman–Crippen MR) is 111 cm³/mol. The number of alkyl halides is 3. The standard InChI is InChI=1S/C25H16F3NO2/c26-25(27,28)31-21-13-7-6-12-18(21)20-14-19(15-8-2-1-3-9-15)22-23(29-20)16-10-4-5-11-17(16)24(22)30/h1-14,24,30H. The molecule has 1 heterocycles. The van der Waals surface area contributed by atoms with Gasteiger partial charge in [0.25, 0.3) is 0 Å². The molecule has 1 aliphatic rings. The number of hydrogen-bond acceptors (Lipinski definition) is 3. The molecule has 0 radical (unpaired) electrons. The molecule has 0 amide bonds. The minimum absolute atomic E-state index is 0.221. The number of aliphatic hydroxyl groups excluding tert-OH is 1. The van der Waals surface area contributed by atoms with E-state index in [-0.39, 0.29) is 11.3 Å². The predicted octanol–water partition coefficient (Wildman–Crippen LogP) is 6.38. The van der Waals surface area contributed by atoms with E-state index in [2.05, 4.69) is 9.72 Å². The number of nitrogens with zero attached hydrogens (tertiary/aromatic N) is 1. The molecule has 6 heteroatoms. The highest BCUT2D eigenvalue weighted by atomic mass is 19.4. The maximum absolute atomic E-state index is 13.0. The summed E-state index contributed by atoms with van der Waals surface area (Å²) in [5.74, 6) is -0.326. The molecule has 0 saturated carbocycles. The van der Waals surface area contributed by atoms with Crippen molar-refractivity contribution in [2.45, 2.75) is 12.5 Å². The normalized spacial score (nSPS) is 14.8. The van der Waals surface area contributed by atoms with E-state index in [1.54, 1.807) is 18.2 Å². The third-order valence-electron chi connectivity index (χ3n) is 5.32. The second-order valence-corrected chi connectivity index (χ2v) is 7.22. The van der Waals surface area contributed by atoms with Gasteiger partial charge < -0.3 is 9.84 Å². The summed E-state index contributed by atoms with van der Waals surface area (Å²) in [5.41, 5.74) is 4.79. The molecule has 31 heavy (non-hydrogen) atoms. The lowest BCUT2D eigenvalue weighted by molar-refractivity contribution is -0.274. The molecule has 0 saturated heterocycles. The van der Waals surface area contributed by atoms with Gasteiger partial charge in [0, 0.05) is 16.7 Å². The number of halogens is 3. The molecule has 0 bridgehead atoms. The molecule has 4 aromatic rings. The summed E-state index contributed by atoms with van der Waals surface area (Å²) in [5, 5.41) is 11.0. The Labute approximate surface area is 176 Å². The lowest BCUT2D eigenvalue weighted by atomic mass is 9.95. The number of aliphatic hydroxyl groups is 1. The van der Waals surface area contributed by atoms with Crippen molar-refractivity contribution in [3.63, 3.8) is 0 Å². The molecule has 1 aliphatic carbocycles. The average Bonchev–Trinajstić information content (AvgIpc) is 3.06. The quantitative estimate of drug-likeness (QED) is 0.419. The number of fused-ring (bicyclic) bond motifs is 3. The summed E-state index contributed by atoms with van der Waals surface area (Å²) in [6, 6.07) is 24.4. The summed E-state index contributed by atoms with van der Waals surface area (Å²) >= 11 is 0. The summed E-state index contributed by atoms with van der Waals surface area (Å²) < 4.78 is 43.2. The van der Waals surface area contributed by atoms with Crippen molar-refractivity contribution in [1.82, 2.24) is 4.98 Å². The number of aromatic nitrogens is 1. The maximum Gasteiger partial charge on any atom is 0.573 e. The van der Waals surface area contributed by atoms with Crippen molar-refractivity contribution < 1.29 is 23.0 Å². The van der Waals surface area contributed by atoms with Gasteiger partial charge >= 0.3 is 6.36 Å². The van der Waals surface area contributed by atoms with Crippen LogP contribution in [0.15, 0.2) is 84.9 Å². The van der Waals surface area contributed by atoms with Crippen LogP contribution >= 0.6 is 0 Å². The van der Waals surface area contributed by atoms with Crippen LogP contribution in [0.25, 0.3) is 33.6 Å². The van der Waals surface area contributed by atoms with Crippen LogP contribution < -0.4 is 4.74 Å². The smallest absolute Gasteiger partial charge is 0.405 e. The molecule has 3 nitrogen and oxygen atoms in total. The Bertz CT molecular complexity index is 1270. The zero-order chi connectivity index (χ0) is 21.6. The number of pyridine rings is 1. The van der Waals surface area contributed by atoms with E-state index < -0.39 is 12.5 Å². The van der Waals surface area contributed by atoms with Crippen molar-refractivity contribution in [2.75, 3.05) is 0 Å². The topological polar surface area (TPSA) is 42.4 Å². The highest BCUT2D eigenvalue weighted by Gasteiger charge is 2.34. The Morgan fingerprint density at radius 1 is 0.774 bits per heavy atom. The average molecular weight is 419 g/mol. The van der Waals surface area contributed by atoms with Gasteiger partial charge in [-0.25, -0.2) is 4.98 Å². The van der Waals surface area contributed by atoms with Gasteiger partial charge in [-0.2, -0.15) is 0 Å². The fourth-order valence-electron chi connectivity index (χ4n) is 4.03. The lowest BCUT2D eigenvalue weighted by Gasteiger charge is -2.17. The van der Waals surface area contributed by atoms with Crippen molar-refractivity contribution in [2.24, 2.45) is 0 Å². The highest BCUT2D eigenvalue weighted by Crippen LogP contribution is 2.48. The first kappa shape index (κ1) is 19.3. The molecule has 3 aromatic carbocycles. The highest BCUT2D eigenvalue weighted by molar-refractivity contribution is 5.87. The maximum atomic E-state index is 13.0. The summed E-state index contributed by atoms with van der Waals surface area (Å²) in [4.78, 5) is 4.68. The number of para-hydroxylation sites is 1. The Morgan fingerprint density at radius 2 is 1.42 bits per heavy atom. The minimum Gasteiger partial charge on any atom is -0.405 e. The van der Waals surface area contributed by atoms with E-state index in [9.17, 15) is 18.3 Å². The van der Waals surface area contributed by atoms with Crippen molar-refractivity contribution in [1.29, 1.82) is 0 Å². The second kappa shape index (κ2) is 7.25. The minimum atomic E-state index is -4.82. The zero-order valence-corrected chi connectivity index (χ0v) is 16.1. The Hall–Kier alpha value is -3.64. The summed E-state index contributed by atoms with van der Waals surface area (Å²) in [6.45, 7) is 0. The number of rotatable bonds is 3. The van der Waals surface area contributed by atoms with Crippen LogP contribution in [0.4, 0.5) is 13.2 Å². The number of hydrogen-bond donors (Lipinski definition) is 1. The first-order chi connectivity index (χ1) is 14.9. The van der Waals surface area contributed by atoms with Crippen LogP contribution in [0, 0.1) is 0 Å². The first-order valence-electron chi connectivity index (χ1n) is 9.65. The molecule has 0 spiro atoms. The zero-order valence-electron chi connectivity index (χ0n) is 16.1. The van der Waals surface area contributed by atoms with Crippen LogP contribution in [0.3, 0.4) is 0 Å². The van der Waals surface area contributed by atoms with Gasteiger partial charge in [0.1, 0.15) is 11.9 Å². The van der Waals surface area contributed by atoms with E-state index in [1.807, 2.05) is 54.6 Å². The van der Waals surface area contributed by atoms with Crippen LogP contribution in [-0.4, -0.2) is 16.5 Å². The fraction of sp³-hybridized carbons (Fsp3) is 0.0800. The molecule has 0 aliphatic heterocycles. The summed E-state index contributed by atoms with van der Waals surface area (Å²) in [7, 11) is 0. The fourth-order valence-corrected chi connectivity index (χ4v) is 4.03. The lowest BCUT2D eigenvalue weighted by Crippen LogP contribution is -2.17. The van der Waals surface area contributed by atoms with Crippen LogP contribution in [-0.2, 0) is 0 Å². The molecule has 0 fully saturated rings. The number of benzene rings is 3. The van der Waals surface area contributed by atoms with Gasteiger partial charge in [0.05, 0.1) is 11.4 Å². The second-order valence-electron chi connectivity index (χ2n) is 7.22. The Kier molecular flexibility index (Phi) is 4.52. The monoisotopic (exact) mass is 419 g/mol. The van der Waals surface area contributed by atoms with Gasteiger partial charge in [-0.1, -0.05) is 66.7 Å². The molecular weight excluding hydrogens is 403 g/mol. The Balaban J connectivity index is 1.78. The number of ether oxygens (including phenoxy) is 1. The van der Waals surface area contributed by atoms with Gasteiger partial charge in [0.2, 0.25) is 0 Å². The van der Waals surface area contributed by atoms with E-state index in [1.165, 1.54) is 12.1 Å². The van der Waals surface area contributed by atoms with Crippen molar-refractivity contribution >= 4 is 0 Å². The molecule has 154 valence electrons. The molecule has 1 aromatic heterocycles. The van der Waals surface area contributed by atoms with Crippen LogP contribution in [0.5, 0.6) is 5.75 Å². The molecule has 1 N–H and O–H groups in total. The van der Waals surface area contributed by atoms with E-state index >= 15 is 0 Å². The third-order valence-corrected chi connectivity index (χ3v) is 5.32. The molecular formula is C25H16F3NO2. The van der Waals surface area contributed by atoms with Gasteiger partial charge in [0.15, 0.2) is 0 Å².